The maximum Gasteiger partial charge on any atom is -0.00643 e. The van der Waals surface area contributed by atoms with Gasteiger partial charge in [0.05, 0.1) is 0 Å². The zero-order valence-corrected chi connectivity index (χ0v) is 12.0. The predicted molar refractivity (Wildman–Crippen MR) is 82.2 cm³/mol. The third kappa shape index (κ3) is 3.29. The molecule has 0 nitrogen and oxygen atoms in total. The van der Waals surface area contributed by atoms with E-state index in [1.807, 2.05) is 5.57 Å². The molecule has 0 aliphatic heterocycles. The number of hydrogen-bond donors (Lipinski definition) is 0. The Bertz CT molecular complexity index is 421. The van der Waals surface area contributed by atoms with Crippen LogP contribution in [0.5, 0.6) is 0 Å². The van der Waals surface area contributed by atoms with E-state index in [1.165, 1.54) is 69.8 Å². The van der Waals surface area contributed by atoms with Gasteiger partial charge < -0.3 is 0 Å². The van der Waals surface area contributed by atoms with E-state index in [9.17, 15) is 0 Å². The molecule has 0 amide bonds. The van der Waals surface area contributed by atoms with Gasteiger partial charge in [-0.05, 0) is 56.4 Å². The third-order valence-corrected chi connectivity index (χ3v) is 4.99. The molecule has 0 N–H and O–H groups in total. The first-order chi connectivity index (χ1) is 9.43. The van der Waals surface area contributed by atoms with Crippen molar-refractivity contribution in [1.82, 2.24) is 0 Å². The molecule has 0 heteroatoms. The molecule has 19 heavy (non-hydrogen) atoms. The van der Waals surface area contributed by atoms with Gasteiger partial charge >= 0.3 is 0 Å². The molecule has 1 aromatic carbocycles. The molecule has 0 aromatic heterocycles. The smallest absolute Gasteiger partial charge is 0.00643 e. The molecule has 0 saturated heterocycles. The second-order valence-electron chi connectivity index (χ2n) is 6.33. The van der Waals surface area contributed by atoms with Crippen LogP contribution >= 0.6 is 0 Å². The highest BCUT2D eigenvalue weighted by molar-refractivity contribution is 5.28. The molecule has 0 unspecified atom stereocenters. The van der Waals surface area contributed by atoms with Gasteiger partial charge in [-0.1, -0.05) is 60.7 Å². The van der Waals surface area contributed by atoms with Gasteiger partial charge in [-0.2, -0.15) is 0 Å². The second kappa shape index (κ2) is 6.41. The van der Waals surface area contributed by atoms with E-state index < -0.39 is 0 Å². The Balaban J connectivity index is 1.79. The van der Waals surface area contributed by atoms with Crippen LogP contribution in [0, 0.1) is 5.92 Å². The highest BCUT2D eigenvalue weighted by Crippen LogP contribution is 2.38. The van der Waals surface area contributed by atoms with Crippen LogP contribution in [0.25, 0.3) is 0 Å². The maximum atomic E-state index is 2.29. The van der Waals surface area contributed by atoms with Gasteiger partial charge in [0, 0.05) is 0 Å². The lowest BCUT2D eigenvalue weighted by molar-refractivity contribution is 0.382. The lowest BCUT2D eigenvalue weighted by Gasteiger charge is -2.30. The maximum absolute atomic E-state index is 2.29. The number of hydrogen-bond acceptors (Lipinski definition) is 0. The highest BCUT2D eigenvalue weighted by Gasteiger charge is 2.22. The van der Waals surface area contributed by atoms with E-state index in [1.54, 1.807) is 5.57 Å². The largest absolute Gasteiger partial charge is 0.0676 e. The zero-order valence-electron chi connectivity index (χ0n) is 12.0. The fourth-order valence-electron chi connectivity index (χ4n) is 3.98. The minimum absolute atomic E-state index is 0.938. The van der Waals surface area contributed by atoms with Crippen LogP contribution in [0.1, 0.15) is 63.4 Å². The average molecular weight is 254 g/mol. The van der Waals surface area contributed by atoms with Gasteiger partial charge in [0.15, 0.2) is 0 Å². The summed E-state index contributed by atoms with van der Waals surface area (Å²) in [6.07, 6.45) is 14.2. The number of benzene rings is 1. The standard InChI is InChI=1S/C19H26/c1-3-9-16(10-4-1)15-18-13-7-8-14-19(18)17-11-5-2-6-12-17/h1,3-4,9-10,17H,2,5-8,11-15H2. The Hall–Kier alpha value is -1.04. The molecule has 0 bridgehead atoms. The molecule has 1 saturated carbocycles. The summed E-state index contributed by atoms with van der Waals surface area (Å²) in [5.41, 5.74) is 5.17. The first-order valence-corrected chi connectivity index (χ1v) is 8.18. The number of allylic oxidation sites excluding steroid dienone is 2. The summed E-state index contributed by atoms with van der Waals surface area (Å²) in [6, 6.07) is 11.1. The van der Waals surface area contributed by atoms with E-state index in [0.29, 0.717) is 0 Å². The molecule has 1 aromatic rings. The van der Waals surface area contributed by atoms with Crippen molar-refractivity contribution in [2.24, 2.45) is 5.92 Å². The van der Waals surface area contributed by atoms with Crippen LogP contribution in [-0.4, -0.2) is 0 Å². The molecule has 0 spiro atoms. The summed E-state index contributed by atoms with van der Waals surface area (Å²) in [5, 5.41) is 0. The fraction of sp³-hybridized carbons (Fsp3) is 0.579. The van der Waals surface area contributed by atoms with Crippen LogP contribution in [0.15, 0.2) is 41.5 Å². The molecular formula is C19H26. The summed E-state index contributed by atoms with van der Waals surface area (Å²) in [4.78, 5) is 0. The van der Waals surface area contributed by atoms with Gasteiger partial charge in [0.2, 0.25) is 0 Å². The first kappa shape index (κ1) is 13.0. The van der Waals surface area contributed by atoms with Crippen molar-refractivity contribution < 1.29 is 0 Å². The summed E-state index contributed by atoms with van der Waals surface area (Å²) in [7, 11) is 0. The van der Waals surface area contributed by atoms with Crippen molar-refractivity contribution in [2.45, 2.75) is 64.2 Å². The van der Waals surface area contributed by atoms with Gasteiger partial charge in [0.25, 0.3) is 0 Å². The molecule has 2 aliphatic carbocycles. The summed E-state index contributed by atoms with van der Waals surface area (Å²) in [5.74, 6) is 0.938. The summed E-state index contributed by atoms with van der Waals surface area (Å²) >= 11 is 0. The van der Waals surface area contributed by atoms with Crippen LogP contribution in [0.3, 0.4) is 0 Å². The van der Waals surface area contributed by atoms with Crippen LogP contribution in [0.2, 0.25) is 0 Å². The van der Waals surface area contributed by atoms with Crippen LogP contribution in [0.4, 0.5) is 0 Å². The zero-order chi connectivity index (χ0) is 12.9. The molecular weight excluding hydrogens is 228 g/mol. The Morgan fingerprint density at radius 3 is 2.32 bits per heavy atom. The van der Waals surface area contributed by atoms with Crippen molar-refractivity contribution in [1.29, 1.82) is 0 Å². The second-order valence-corrected chi connectivity index (χ2v) is 6.33. The fourth-order valence-corrected chi connectivity index (χ4v) is 3.98. The monoisotopic (exact) mass is 254 g/mol. The molecule has 0 atom stereocenters. The lowest BCUT2D eigenvalue weighted by atomic mass is 9.75. The topological polar surface area (TPSA) is 0 Å². The quantitative estimate of drug-likeness (QED) is 0.609. The Morgan fingerprint density at radius 1 is 0.789 bits per heavy atom. The molecule has 1 fully saturated rings. The minimum atomic E-state index is 0.938. The molecule has 3 rings (SSSR count). The van der Waals surface area contributed by atoms with Crippen molar-refractivity contribution in [3.63, 3.8) is 0 Å². The van der Waals surface area contributed by atoms with Crippen molar-refractivity contribution in [3.05, 3.63) is 47.0 Å². The predicted octanol–water partition coefficient (Wildman–Crippen LogP) is 5.68. The van der Waals surface area contributed by atoms with Gasteiger partial charge in [-0.3, -0.25) is 0 Å². The van der Waals surface area contributed by atoms with E-state index in [0.717, 1.165) is 5.92 Å². The van der Waals surface area contributed by atoms with E-state index in [4.69, 9.17) is 0 Å². The Labute approximate surface area is 117 Å². The van der Waals surface area contributed by atoms with Gasteiger partial charge in [-0.25, -0.2) is 0 Å². The third-order valence-electron chi connectivity index (χ3n) is 4.99. The van der Waals surface area contributed by atoms with Crippen molar-refractivity contribution in [2.75, 3.05) is 0 Å². The molecule has 0 heterocycles. The molecule has 102 valence electrons. The van der Waals surface area contributed by atoms with Crippen molar-refractivity contribution in [3.8, 4) is 0 Å². The minimum Gasteiger partial charge on any atom is -0.0676 e. The van der Waals surface area contributed by atoms with Crippen LogP contribution in [-0.2, 0) is 6.42 Å². The molecule has 2 aliphatic rings. The van der Waals surface area contributed by atoms with Crippen LogP contribution < -0.4 is 0 Å². The van der Waals surface area contributed by atoms with Gasteiger partial charge in [-0.15, -0.1) is 0 Å². The normalized spacial score (nSPS) is 21.7. The first-order valence-electron chi connectivity index (χ1n) is 8.18. The Morgan fingerprint density at radius 2 is 1.53 bits per heavy atom. The number of rotatable bonds is 3. The highest BCUT2D eigenvalue weighted by atomic mass is 14.3. The summed E-state index contributed by atoms with van der Waals surface area (Å²) < 4.78 is 0. The van der Waals surface area contributed by atoms with E-state index in [-0.39, 0.29) is 0 Å². The lowest BCUT2D eigenvalue weighted by Crippen LogP contribution is -2.15. The van der Waals surface area contributed by atoms with E-state index in [2.05, 4.69) is 30.3 Å². The van der Waals surface area contributed by atoms with Gasteiger partial charge in [0.1, 0.15) is 0 Å². The van der Waals surface area contributed by atoms with E-state index >= 15 is 0 Å². The SMILES string of the molecule is c1ccc(CC2=C(C3CCCCC3)CCCC2)cc1. The van der Waals surface area contributed by atoms with Crippen molar-refractivity contribution >= 4 is 0 Å². The summed E-state index contributed by atoms with van der Waals surface area (Å²) in [6.45, 7) is 0. The average Bonchev–Trinajstić information content (AvgIpc) is 2.50. The Kier molecular flexibility index (Phi) is 4.37. The molecule has 0 radical (unpaired) electrons.